The van der Waals surface area contributed by atoms with E-state index in [1.165, 1.54) is 6.92 Å². The molecule has 1 aliphatic rings. The molecule has 2 rings (SSSR count). The Labute approximate surface area is 127 Å². The van der Waals surface area contributed by atoms with Gasteiger partial charge in [-0.25, -0.2) is 0 Å². The van der Waals surface area contributed by atoms with Crippen LogP contribution in [0.2, 0.25) is 0 Å². The lowest BCUT2D eigenvalue weighted by Gasteiger charge is -2.32. The van der Waals surface area contributed by atoms with E-state index < -0.39 is 0 Å². The van der Waals surface area contributed by atoms with E-state index in [0.717, 1.165) is 22.9 Å². The molecule has 1 aromatic rings. The van der Waals surface area contributed by atoms with Gasteiger partial charge in [-0.05, 0) is 53.4 Å². The largest absolute Gasteiger partial charge is 0.353 e. The highest BCUT2D eigenvalue weighted by Crippen LogP contribution is 2.22. The predicted molar refractivity (Wildman–Crippen MR) is 81.6 cm³/mol. The zero-order valence-electron chi connectivity index (χ0n) is 11.8. The molecule has 1 fully saturated rings. The van der Waals surface area contributed by atoms with E-state index >= 15 is 0 Å². The third-order valence-electron chi connectivity index (χ3n) is 3.54. The zero-order valence-corrected chi connectivity index (χ0v) is 13.4. The molecule has 4 nitrogen and oxygen atoms in total. The van der Waals surface area contributed by atoms with Gasteiger partial charge in [-0.3, -0.25) is 9.59 Å². The maximum atomic E-state index is 12.5. The van der Waals surface area contributed by atoms with Crippen LogP contribution in [-0.4, -0.2) is 35.8 Å². The van der Waals surface area contributed by atoms with Crippen molar-refractivity contribution in [3.8, 4) is 0 Å². The van der Waals surface area contributed by atoms with Gasteiger partial charge in [0.05, 0.1) is 5.56 Å². The van der Waals surface area contributed by atoms with Crippen molar-refractivity contribution >= 4 is 27.7 Å². The Hall–Kier alpha value is -1.36. The number of carbonyl (C=O) groups excluding carboxylic acids is 2. The van der Waals surface area contributed by atoms with Gasteiger partial charge in [0.15, 0.2) is 0 Å². The van der Waals surface area contributed by atoms with Crippen molar-refractivity contribution < 1.29 is 9.59 Å². The average Bonchev–Trinajstić information content (AvgIpc) is 2.38. The Morgan fingerprint density at radius 3 is 2.50 bits per heavy atom. The van der Waals surface area contributed by atoms with Crippen LogP contribution in [0.1, 0.15) is 35.7 Å². The molecular weight excluding hydrogens is 320 g/mol. The number of nitrogens with zero attached hydrogens (tertiary/aromatic N) is 1. The lowest BCUT2D eigenvalue weighted by Crippen LogP contribution is -2.46. The summed E-state index contributed by atoms with van der Waals surface area (Å²) >= 11 is 3.45. The van der Waals surface area contributed by atoms with Crippen molar-refractivity contribution in [2.45, 2.75) is 32.7 Å². The summed E-state index contributed by atoms with van der Waals surface area (Å²) in [6.07, 6.45) is 1.63. The monoisotopic (exact) mass is 338 g/mol. The topological polar surface area (TPSA) is 49.4 Å². The first-order valence-electron chi connectivity index (χ1n) is 6.80. The van der Waals surface area contributed by atoms with Crippen LogP contribution in [0.4, 0.5) is 0 Å². The van der Waals surface area contributed by atoms with Gasteiger partial charge in [0.25, 0.3) is 5.91 Å². The van der Waals surface area contributed by atoms with E-state index in [1.807, 2.05) is 30.0 Å². The lowest BCUT2D eigenvalue weighted by molar-refractivity contribution is -0.119. The number of rotatable bonds is 2. The van der Waals surface area contributed by atoms with E-state index in [1.54, 1.807) is 0 Å². The van der Waals surface area contributed by atoms with E-state index in [0.29, 0.717) is 18.7 Å². The molecule has 1 aromatic carbocycles. The average molecular weight is 339 g/mol. The SMILES string of the molecule is CC(=O)NC1CCN(C(=O)c2ccc(C)cc2Br)CC1. The van der Waals surface area contributed by atoms with E-state index in [4.69, 9.17) is 0 Å². The molecule has 0 atom stereocenters. The molecule has 1 N–H and O–H groups in total. The molecule has 108 valence electrons. The number of piperidine rings is 1. The van der Waals surface area contributed by atoms with Crippen molar-refractivity contribution in [2.24, 2.45) is 0 Å². The summed E-state index contributed by atoms with van der Waals surface area (Å²) in [4.78, 5) is 25.4. The van der Waals surface area contributed by atoms with Crippen molar-refractivity contribution in [1.82, 2.24) is 10.2 Å². The van der Waals surface area contributed by atoms with Crippen molar-refractivity contribution in [1.29, 1.82) is 0 Å². The summed E-state index contributed by atoms with van der Waals surface area (Å²) in [6.45, 7) is 4.90. The molecule has 5 heteroatoms. The number of carbonyl (C=O) groups is 2. The third kappa shape index (κ3) is 3.60. The van der Waals surface area contributed by atoms with Crippen LogP contribution >= 0.6 is 15.9 Å². The number of hydrogen-bond acceptors (Lipinski definition) is 2. The smallest absolute Gasteiger partial charge is 0.254 e. The van der Waals surface area contributed by atoms with E-state index in [2.05, 4.69) is 21.2 Å². The lowest BCUT2D eigenvalue weighted by atomic mass is 10.0. The van der Waals surface area contributed by atoms with Gasteiger partial charge in [-0.15, -0.1) is 0 Å². The maximum absolute atomic E-state index is 12.5. The van der Waals surface area contributed by atoms with Crippen LogP contribution < -0.4 is 5.32 Å². The van der Waals surface area contributed by atoms with Gasteiger partial charge in [-0.2, -0.15) is 0 Å². The fourth-order valence-corrected chi connectivity index (χ4v) is 3.14. The Bertz CT molecular complexity index is 523. The normalized spacial score (nSPS) is 16.1. The van der Waals surface area contributed by atoms with Gasteiger partial charge in [0.2, 0.25) is 5.91 Å². The Morgan fingerprint density at radius 1 is 1.30 bits per heavy atom. The number of benzene rings is 1. The van der Waals surface area contributed by atoms with Crippen LogP contribution in [0.5, 0.6) is 0 Å². The number of amides is 2. The van der Waals surface area contributed by atoms with Gasteiger partial charge in [0.1, 0.15) is 0 Å². The van der Waals surface area contributed by atoms with Crippen LogP contribution in [0, 0.1) is 6.92 Å². The maximum Gasteiger partial charge on any atom is 0.254 e. The highest BCUT2D eigenvalue weighted by molar-refractivity contribution is 9.10. The van der Waals surface area contributed by atoms with Crippen LogP contribution in [-0.2, 0) is 4.79 Å². The fraction of sp³-hybridized carbons (Fsp3) is 0.467. The Kier molecular flexibility index (Phi) is 4.81. The minimum atomic E-state index is -0.00365. The highest BCUT2D eigenvalue weighted by atomic mass is 79.9. The third-order valence-corrected chi connectivity index (χ3v) is 4.20. The van der Waals surface area contributed by atoms with Crippen LogP contribution in [0.15, 0.2) is 22.7 Å². The quantitative estimate of drug-likeness (QED) is 0.900. The first kappa shape index (κ1) is 15.0. The first-order valence-corrected chi connectivity index (χ1v) is 7.59. The second kappa shape index (κ2) is 6.39. The van der Waals surface area contributed by atoms with E-state index in [9.17, 15) is 9.59 Å². The number of hydrogen-bond donors (Lipinski definition) is 1. The predicted octanol–water partition coefficient (Wildman–Crippen LogP) is 2.50. The zero-order chi connectivity index (χ0) is 14.7. The number of aryl methyl sites for hydroxylation is 1. The van der Waals surface area contributed by atoms with Crippen molar-refractivity contribution in [3.63, 3.8) is 0 Å². The minimum Gasteiger partial charge on any atom is -0.353 e. The molecule has 0 saturated carbocycles. The second-order valence-electron chi connectivity index (χ2n) is 5.25. The summed E-state index contributed by atoms with van der Waals surface area (Å²) in [6, 6.07) is 5.96. The standard InChI is InChI=1S/C15H19BrN2O2/c1-10-3-4-13(14(16)9-10)15(20)18-7-5-12(6-8-18)17-11(2)19/h3-4,9,12H,5-8H2,1-2H3,(H,17,19). The fourth-order valence-electron chi connectivity index (χ4n) is 2.48. The first-order chi connectivity index (χ1) is 9.47. The molecule has 0 spiro atoms. The highest BCUT2D eigenvalue weighted by Gasteiger charge is 2.24. The molecule has 0 radical (unpaired) electrons. The van der Waals surface area contributed by atoms with E-state index in [-0.39, 0.29) is 17.9 Å². The molecular formula is C15H19BrN2O2. The van der Waals surface area contributed by atoms with Crippen LogP contribution in [0.25, 0.3) is 0 Å². The molecule has 2 amide bonds. The summed E-state index contributed by atoms with van der Waals surface area (Å²) in [5, 5.41) is 2.91. The summed E-state index contributed by atoms with van der Waals surface area (Å²) in [5.74, 6) is 0.0502. The van der Waals surface area contributed by atoms with Gasteiger partial charge >= 0.3 is 0 Å². The Balaban J connectivity index is 1.99. The molecule has 1 aliphatic heterocycles. The summed E-state index contributed by atoms with van der Waals surface area (Å²) in [5.41, 5.74) is 1.83. The van der Waals surface area contributed by atoms with Crippen LogP contribution in [0.3, 0.4) is 0 Å². The number of nitrogens with one attached hydrogen (secondary N) is 1. The minimum absolute atomic E-state index is 0.00365. The molecule has 0 aromatic heterocycles. The Morgan fingerprint density at radius 2 is 1.95 bits per heavy atom. The summed E-state index contributed by atoms with van der Waals surface area (Å²) in [7, 11) is 0. The molecule has 1 saturated heterocycles. The van der Waals surface area contributed by atoms with Gasteiger partial charge in [0, 0.05) is 30.5 Å². The van der Waals surface area contributed by atoms with Crippen molar-refractivity contribution in [2.75, 3.05) is 13.1 Å². The molecule has 1 heterocycles. The number of likely N-dealkylation sites (tertiary alicyclic amines) is 1. The number of halogens is 1. The van der Waals surface area contributed by atoms with Crippen molar-refractivity contribution in [3.05, 3.63) is 33.8 Å². The van der Waals surface area contributed by atoms with Gasteiger partial charge < -0.3 is 10.2 Å². The molecule has 0 bridgehead atoms. The van der Waals surface area contributed by atoms with Gasteiger partial charge in [-0.1, -0.05) is 6.07 Å². The molecule has 0 unspecified atom stereocenters. The second-order valence-corrected chi connectivity index (χ2v) is 6.10. The summed E-state index contributed by atoms with van der Waals surface area (Å²) < 4.78 is 0.839. The molecule has 0 aliphatic carbocycles. The molecule has 20 heavy (non-hydrogen) atoms.